The quantitative estimate of drug-likeness (QED) is 0.768. The molecular weight excluding hydrogens is 286 g/mol. The summed E-state index contributed by atoms with van der Waals surface area (Å²) < 4.78 is 3.00. The van der Waals surface area contributed by atoms with Gasteiger partial charge in [0.2, 0.25) is 0 Å². The highest BCUT2D eigenvalue weighted by Crippen LogP contribution is 2.12. The van der Waals surface area contributed by atoms with Crippen LogP contribution in [0.4, 0.5) is 0 Å². The van der Waals surface area contributed by atoms with Crippen LogP contribution in [0.1, 0.15) is 0 Å². The SMILES string of the molecule is C=CCn1cc(Br)cc(Br)c1=O. The molecule has 12 heavy (non-hydrogen) atoms. The predicted molar refractivity (Wildman–Crippen MR) is 56.3 cm³/mol. The standard InChI is InChI=1S/C8H7Br2NO/c1-2-3-11-5-6(9)4-7(10)8(11)12/h2,4-5H,1,3H2. The molecular formula is C8H7Br2NO. The van der Waals surface area contributed by atoms with Crippen molar-refractivity contribution >= 4 is 31.9 Å². The molecule has 1 aromatic rings. The molecule has 0 bridgehead atoms. The van der Waals surface area contributed by atoms with Crippen LogP contribution in [-0.4, -0.2) is 4.57 Å². The zero-order valence-electron chi connectivity index (χ0n) is 6.26. The van der Waals surface area contributed by atoms with E-state index < -0.39 is 0 Å². The van der Waals surface area contributed by atoms with Gasteiger partial charge in [-0.2, -0.15) is 0 Å². The summed E-state index contributed by atoms with van der Waals surface area (Å²) in [6.45, 7) is 4.09. The number of hydrogen-bond acceptors (Lipinski definition) is 1. The maximum atomic E-state index is 11.4. The Hall–Kier alpha value is -0.350. The number of halogens is 2. The Morgan fingerprint density at radius 2 is 2.25 bits per heavy atom. The molecule has 0 aliphatic rings. The zero-order valence-corrected chi connectivity index (χ0v) is 9.43. The lowest BCUT2D eigenvalue weighted by Gasteiger charge is -2.02. The van der Waals surface area contributed by atoms with Crippen LogP contribution >= 0.6 is 31.9 Å². The van der Waals surface area contributed by atoms with Crippen LogP contribution in [0.2, 0.25) is 0 Å². The Morgan fingerprint density at radius 1 is 1.58 bits per heavy atom. The fraction of sp³-hybridized carbons (Fsp3) is 0.125. The van der Waals surface area contributed by atoms with Gasteiger partial charge in [0.05, 0.1) is 4.47 Å². The van der Waals surface area contributed by atoms with Crippen LogP contribution < -0.4 is 5.56 Å². The minimum absolute atomic E-state index is 0.0434. The second-order valence-electron chi connectivity index (χ2n) is 2.25. The minimum atomic E-state index is -0.0434. The number of nitrogens with zero attached hydrogens (tertiary/aromatic N) is 1. The summed E-state index contributed by atoms with van der Waals surface area (Å²) >= 11 is 6.46. The van der Waals surface area contributed by atoms with E-state index in [4.69, 9.17) is 0 Å². The van der Waals surface area contributed by atoms with Crippen LogP contribution in [-0.2, 0) is 6.54 Å². The first-order valence-corrected chi connectivity index (χ1v) is 4.90. The molecule has 0 unspecified atom stereocenters. The van der Waals surface area contributed by atoms with E-state index in [9.17, 15) is 4.79 Å². The molecule has 1 heterocycles. The fourth-order valence-corrected chi connectivity index (χ4v) is 2.10. The van der Waals surface area contributed by atoms with E-state index in [0.29, 0.717) is 11.0 Å². The third-order valence-corrected chi connectivity index (χ3v) is 2.34. The van der Waals surface area contributed by atoms with Crippen LogP contribution in [0, 0.1) is 0 Å². The van der Waals surface area contributed by atoms with E-state index >= 15 is 0 Å². The lowest BCUT2D eigenvalue weighted by Crippen LogP contribution is -2.19. The average molecular weight is 293 g/mol. The van der Waals surface area contributed by atoms with Crippen molar-refractivity contribution < 1.29 is 0 Å². The highest BCUT2D eigenvalue weighted by molar-refractivity contribution is 9.11. The third-order valence-electron chi connectivity index (χ3n) is 1.33. The molecule has 0 aromatic carbocycles. The summed E-state index contributed by atoms with van der Waals surface area (Å²) in [5, 5.41) is 0. The van der Waals surface area contributed by atoms with Crippen molar-refractivity contribution in [1.29, 1.82) is 0 Å². The van der Waals surface area contributed by atoms with E-state index in [1.807, 2.05) is 0 Å². The largest absolute Gasteiger partial charge is 0.310 e. The van der Waals surface area contributed by atoms with Crippen LogP contribution in [0.3, 0.4) is 0 Å². The van der Waals surface area contributed by atoms with Crippen molar-refractivity contribution in [2.24, 2.45) is 0 Å². The van der Waals surface area contributed by atoms with Crippen molar-refractivity contribution in [2.45, 2.75) is 6.54 Å². The van der Waals surface area contributed by atoms with E-state index in [2.05, 4.69) is 38.4 Å². The minimum Gasteiger partial charge on any atom is -0.310 e. The molecule has 0 fully saturated rings. The van der Waals surface area contributed by atoms with Gasteiger partial charge in [-0.3, -0.25) is 4.79 Å². The van der Waals surface area contributed by atoms with E-state index in [1.54, 1.807) is 22.9 Å². The Kier molecular flexibility index (Phi) is 3.29. The Labute approximate surface area is 87.2 Å². The normalized spacial score (nSPS) is 9.83. The summed E-state index contributed by atoms with van der Waals surface area (Å²) in [7, 11) is 0. The maximum Gasteiger partial charge on any atom is 0.265 e. The zero-order chi connectivity index (χ0) is 9.14. The average Bonchev–Trinajstić information content (AvgIpc) is 2.00. The molecule has 0 amide bonds. The number of rotatable bonds is 2. The topological polar surface area (TPSA) is 22.0 Å². The second kappa shape index (κ2) is 4.05. The predicted octanol–water partition coefficient (Wildman–Crippen LogP) is 2.56. The molecule has 0 aliphatic carbocycles. The fourth-order valence-electron chi connectivity index (χ4n) is 0.839. The first-order chi connectivity index (χ1) is 5.65. The molecule has 0 saturated heterocycles. The molecule has 0 spiro atoms. The van der Waals surface area contributed by atoms with Gasteiger partial charge < -0.3 is 4.57 Å². The summed E-state index contributed by atoms with van der Waals surface area (Å²) in [4.78, 5) is 11.4. The smallest absolute Gasteiger partial charge is 0.265 e. The third kappa shape index (κ3) is 2.08. The Bertz CT molecular complexity index is 357. The van der Waals surface area contributed by atoms with Gasteiger partial charge in [-0.1, -0.05) is 6.08 Å². The van der Waals surface area contributed by atoms with E-state index in [-0.39, 0.29) is 5.56 Å². The first-order valence-electron chi connectivity index (χ1n) is 3.31. The Morgan fingerprint density at radius 3 is 2.83 bits per heavy atom. The van der Waals surface area contributed by atoms with Crippen LogP contribution in [0.15, 0.2) is 38.7 Å². The highest BCUT2D eigenvalue weighted by Gasteiger charge is 2.00. The molecule has 1 aromatic heterocycles. The molecule has 0 N–H and O–H groups in total. The molecule has 0 radical (unpaired) electrons. The molecule has 0 atom stereocenters. The molecule has 0 saturated carbocycles. The van der Waals surface area contributed by atoms with Crippen molar-refractivity contribution in [3.8, 4) is 0 Å². The number of hydrogen-bond donors (Lipinski definition) is 0. The van der Waals surface area contributed by atoms with E-state index in [0.717, 1.165) is 4.47 Å². The van der Waals surface area contributed by atoms with Gasteiger partial charge in [0.15, 0.2) is 0 Å². The molecule has 4 heteroatoms. The van der Waals surface area contributed by atoms with Crippen LogP contribution in [0.25, 0.3) is 0 Å². The molecule has 64 valence electrons. The van der Waals surface area contributed by atoms with Gasteiger partial charge in [0.25, 0.3) is 5.56 Å². The lowest BCUT2D eigenvalue weighted by molar-refractivity contribution is 0.772. The summed E-state index contributed by atoms with van der Waals surface area (Å²) in [6, 6.07) is 1.72. The summed E-state index contributed by atoms with van der Waals surface area (Å²) in [6.07, 6.45) is 3.41. The van der Waals surface area contributed by atoms with Crippen molar-refractivity contribution in [3.63, 3.8) is 0 Å². The number of allylic oxidation sites excluding steroid dienone is 1. The van der Waals surface area contributed by atoms with Crippen molar-refractivity contribution in [2.75, 3.05) is 0 Å². The van der Waals surface area contributed by atoms with Gasteiger partial charge >= 0.3 is 0 Å². The lowest BCUT2D eigenvalue weighted by atomic mass is 10.4. The number of aromatic nitrogens is 1. The Balaban J connectivity index is 3.27. The van der Waals surface area contributed by atoms with Gasteiger partial charge in [-0.15, -0.1) is 6.58 Å². The van der Waals surface area contributed by atoms with Crippen LogP contribution in [0.5, 0.6) is 0 Å². The van der Waals surface area contributed by atoms with Gasteiger partial charge in [0.1, 0.15) is 0 Å². The van der Waals surface area contributed by atoms with Gasteiger partial charge in [-0.25, -0.2) is 0 Å². The first kappa shape index (κ1) is 9.74. The maximum absolute atomic E-state index is 11.4. The second-order valence-corrected chi connectivity index (χ2v) is 4.02. The van der Waals surface area contributed by atoms with Gasteiger partial charge in [0, 0.05) is 17.2 Å². The molecule has 0 aliphatic heterocycles. The van der Waals surface area contributed by atoms with E-state index in [1.165, 1.54) is 0 Å². The van der Waals surface area contributed by atoms with Crippen molar-refractivity contribution in [1.82, 2.24) is 4.57 Å². The monoisotopic (exact) mass is 291 g/mol. The molecule has 2 nitrogen and oxygen atoms in total. The van der Waals surface area contributed by atoms with Gasteiger partial charge in [-0.05, 0) is 37.9 Å². The molecule has 1 rings (SSSR count). The highest BCUT2D eigenvalue weighted by atomic mass is 79.9. The summed E-state index contributed by atoms with van der Waals surface area (Å²) in [5.74, 6) is 0. The summed E-state index contributed by atoms with van der Waals surface area (Å²) in [5.41, 5.74) is -0.0434. The number of pyridine rings is 1. The van der Waals surface area contributed by atoms with Crippen molar-refractivity contribution in [3.05, 3.63) is 44.2 Å².